The van der Waals surface area contributed by atoms with Gasteiger partial charge in [0.1, 0.15) is 11.1 Å². The lowest BCUT2D eigenvalue weighted by atomic mass is 9.78. The predicted molar refractivity (Wildman–Crippen MR) is 72.1 cm³/mol. The second-order valence-electron chi connectivity index (χ2n) is 4.97. The molecular formula is C15H12N2O3. The fourth-order valence-corrected chi connectivity index (χ4v) is 2.29. The van der Waals surface area contributed by atoms with Crippen molar-refractivity contribution in [3.05, 3.63) is 46.3 Å². The summed E-state index contributed by atoms with van der Waals surface area (Å²) in [5, 5.41) is 12.2. The maximum atomic E-state index is 12.1. The number of benzene rings is 1. The number of carbonyl (C=O) groups excluding carboxylic acids is 1. The number of nitrogens with one attached hydrogen (secondary N) is 1. The SMILES string of the molecule is N#CC1(NC(=O)c2cc(=O)c3ccccc3o2)CCC1. The Morgan fingerprint density at radius 1 is 1.35 bits per heavy atom. The molecule has 3 rings (SSSR count). The highest BCUT2D eigenvalue weighted by Gasteiger charge is 2.39. The average molecular weight is 268 g/mol. The Kier molecular flexibility index (Phi) is 2.79. The van der Waals surface area contributed by atoms with Crippen LogP contribution >= 0.6 is 0 Å². The van der Waals surface area contributed by atoms with E-state index in [2.05, 4.69) is 11.4 Å². The standard InChI is InChI=1S/C15H12N2O3/c16-9-15(6-3-7-15)17-14(19)13-8-11(18)10-4-1-2-5-12(10)20-13/h1-2,4-5,8H,3,6-7H2,(H,17,19). The first-order valence-electron chi connectivity index (χ1n) is 6.40. The number of hydrogen-bond donors (Lipinski definition) is 1. The van der Waals surface area contributed by atoms with Crippen LogP contribution in [0.1, 0.15) is 29.8 Å². The van der Waals surface area contributed by atoms with E-state index in [0.717, 1.165) is 6.42 Å². The lowest BCUT2D eigenvalue weighted by molar-refractivity contribution is 0.0853. The number of rotatable bonds is 2. The monoisotopic (exact) mass is 268 g/mol. The van der Waals surface area contributed by atoms with Crippen molar-refractivity contribution < 1.29 is 9.21 Å². The summed E-state index contributed by atoms with van der Waals surface area (Å²) in [6, 6.07) is 10.0. The molecule has 0 atom stereocenters. The van der Waals surface area contributed by atoms with Gasteiger partial charge in [-0.15, -0.1) is 0 Å². The molecule has 0 saturated heterocycles. The third kappa shape index (κ3) is 1.95. The van der Waals surface area contributed by atoms with Gasteiger partial charge in [0.05, 0.1) is 11.5 Å². The van der Waals surface area contributed by atoms with E-state index in [1.807, 2.05) is 0 Å². The minimum Gasteiger partial charge on any atom is -0.451 e. The minimum absolute atomic E-state index is 0.0600. The van der Waals surface area contributed by atoms with E-state index in [0.29, 0.717) is 23.8 Å². The van der Waals surface area contributed by atoms with Crippen LogP contribution in [0.2, 0.25) is 0 Å². The Bertz CT molecular complexity index is 782. The molecule has 1 saturated carbocycles. The quantitative estimate of drug-likeness (QED) is 0.902. The summed E-state index contributed by atoms with van der Waals surface area (Å²) in [5.41, 5.74) is -0.706. The topological polar surface area (TPSA) is 83.1 Å². The largest absolute Gasteiger partial charge is 0.451 e. The van der Waals surface area contributed by atoms with Crippen LogP contribution in [-0.4, -0.2) is 11.4 Å². The number of para-hydroxylation sites is 1. The van der Waals surface area contributed by atoms with E-state index >= 15 is 0 Å². The summed E-state index contributed by atoms with van der Waals surface area (Å²) >= 11 is 0. The molecule has 1 aromatic carbocycles. The van der Waals surface area contributed by atoms with Gasteiger partial charge < -0.3 is 9.73 Å². The van der Waals surface area contributed by atoms with Crippen molar-refractivity contribution in [2.75, 3.05) is 0 Å². The van der Waals surface area contributed by atoms with E-state index in [1.54, 1.807) is 24.3 Å². The van der Waals surface area contributed by atoms with E-state index < -0.39 is 11.4 Å². The average Bonchev–Trinajstić information content (AvgIpc) is 2.42. The van der Waals surface area contributed by atoms with Crippen LogP contribution in [0, 0.1) is 11.3 Å². The second kappa shape index (κ2) is 4.49. The van der Waals surface area contributed by atoms with Crippen molar-refractivity contribution in [2.45, 2.75) is 24.8 Å². The van der Waals surface area contributed by atoms with Gasteiger partial charge in [-0.2, -0.15) is 5.26 Å². The molecule has 5 nitrogen and oxygen atoms in total. The van der Waals surface area contributed by atoms with Gasteiger partial charge in [0.15, 0.2) is 11.2 Å². The van der Waals surface area contributed by atoms with Crippen molar-refractivity contribution >= 4 is 16.9 Å². The van der Waals surface area contributed by atoms with Gasteiger partial charge in [0, 0.05) is 6.07 Å². The highest BCUT2D eigenvalue weighted by molar-refractivity contribution is 5.93. The lowest BCUT2D eigenvalue weighted by Gasteiger charge is -2.35. The van der Waals surface area contributed by atoms with Crippen LogP contribution in [0.5, 0.6) is 0 Å². The maximum Gasteiger partial charge on any atom is 0.288 e. The van der Waals surface area contributed by atoms with E-state index in [1.165, 1.54) is 6.07 Å². The Labute approximate surface area is 114 Å². The number of nitrogens with zero attached hydrogens (tertiary/aromatic N) is 1. The molecule has 1 aliphatic carbocycles. The summed E-state index contributed by atoms with van der Waals surface area (Å²) in [7, 11) is 0. The second-order valence-corrected chi connectivity index (χ2v) is 4.97. The molecule has 1 amide bonds. The van der Waals surface area contributed by atoms with Crippen molar-refractivity contribution in [2.24, 2.45) is 0 Å². The predicted octanol–water partition coefficient (Wildman–Crippen LogP) is 1.97. The lowest BCUT2D eigenvalue weighted by Crippen LogP contribution is -2.52. The number of carbonyl (C=O) groups is 1. The summed E-state index contributed by atoms with van der Waals surface area (Å²) in [4.78, 5) is 24.0. The molecule has 1 aromatic heterocycles. The van der Waals surface area contributed by atoms with Crippen molar-refractivity contribution in [3.8, 4) is 6.07 Å². The summed E-state index contributed by atoms with van der Waals surface area (Å²) in [6.07, 6.45) is 2.18. The summed E-state index contributed by atoms with van der Waals surface area (Å²) in [6.45, 7) is 0. The molecule has 20 heavy (non-hydrogen) atoms. The third-order valence-corrected chi connectivity index (χ3v) is 3.63. The fourth-order valence-electron chi connectivity index (χ4n) is 2.29. The van der Waals surface area contributed by atoms with Gasteiger partial charge in [-0.3, -0.25) is 9.59 Å². The molecule has 1 aliphatic rings. The minimum atomic E-state index is -0.804. The molecule has 0 aliphatic heterocycles. The molecule has 2 aromatic rings. The number of nitriles is 1. The zero-order valence-corrected chi connectivity index (χ0v) is 10.7. The highest BCUT2D eigenvalue weighted by atomic mass is 16.3. The molecule has 0 unspecified atom stereocenters. The molecule has 5 heteroatoms. The van der Waals surface area contributed by atoms with Gasteiger partial charge in [-0.05, 0) is 31.4 Å². The Morgan fingerprint density at radius 2 is 2.10 bits per heavy atom. The third-order valence-electron chi connectivity index (χ3n) is 3.63. The normalized spacial score (nSPS) is 16.1. The Balaban J connectivity index is 1.96. The maximum absolute atomic E-state index is 12.1. The first-order chi connectivity index (χ1) is 9.63. The van der Waals surface area contributed by atoms with Crippen molar-refractivity contribution in [3.63, 3.8) is 0 Å². The van der Waals surface area contributed by atoms with Gasteiger partial charge in [0.2, 0.25) is 0 Å². The zero-order valence-electron chi connectivity index (χ0n) is 10.7. The Morgan fingerprint density at radius 3 is 2.75 bits per heavy atom. The first kappa shape index (κ1) is 12.4. The molecular weight excluding hydrogens is 256 g/mol. The smallest absolute Gasteiger partial charge is 0.288 e. The van der Waals surface area contributed by atoms with Crippen molar-refractivity contribution in [1.29, 1.82) is 5.26 Å². The van der Waals surface area contributed by atoms with Crippen LogP contribution < -0.4 is 10.7 Å². The Hall–Kier alpha value is -2.61. The fraction of sp³-hybridized carbons (Fsp3) is 0.267. The molecule has 1 heterocycles. The van der Waals surface area contributed by atoms with Crippen LogP contribution in [0.15, 0.2) is 39.5 Å². The van der Waals surface area contributed by atoms with Gasteiger partial charge in [0.25, 0.3) is 5.91 Å². The van der Waals surface area contributed by atoms with Gasteiger partial charge >= 0.3 is 0 Å². The number of hydrogen-bond acceptors (Lipinski definition) is 4. The molecule has 1 fully saturated rings. The van der Waals surface area contributed by atoms with Crippen LogP contribution in [0.3, 0.4) is 0 Å². The number of amides is 1. The van der Waals surface area contributed by atoms with Crippen molar-refractivity contribution in [1.82, 2.24) is 5.32 Å². The van der Waals surface area contributed by atoms with Gasteiger partial charge in [-0.25, -0.2) is 0 Å². The van der Waals surface area contributed by atoms with Crippen LogP contribution in [0.4, 0.5) is 0 Å². The van der Waals surface area contributed by atoms with Crippen LogP contribution in [-0.2, 0) is 0 Å². The summed E-state index contributed by atoms with van der Waals surface area (Å²) in [5.74, 6) is -0.579. The summed E-state index contributed by atoms with van der Waals surface area (Å²) < 4.78 is 5.44. The molecule has 0 radical (unpaired) electrons. The molecule has 1 N–H and O–H groups in total. The van der Waals surface area contributed by atoms with E-state index in [-0.39, 0.29) is 11.2 Å². The van der Waals surface area contributed by atoms with Crippen LogP contribution in [0.25, 0.3) is 11.0 Å². The zero-order chi connectivity index (χ0) is 14.2. The first-order valence-corrected chi connectivity index (χ1v) is 6.40. The van der Waals surface area contributed by atoms with E-state index in [4.69, 9.17) is 9.68 Å². The molecule has 0 spiro atoms. The van der Waals surface area contributed by atoms with E-state index in [9.17, 15) is 9.59 Å². The highest BCUT2D eigenvalue weighted by Crippen LogP contribution is 2.31. The van der Waals surface area contributed by atoms with Gasteiger partial charge in [-0.1, -0.05) is 12.1 Å². The molecule has 100 valence electrons. The number of fused-ring (bicyclic) bond motifs is 1. The molecule has 0 bridgehead atoms.